The number of Topliss-reactive ketones (excluding diaryl/α,β-unsaturated/α-hetero) is 1. The number of carbonyl (C=O) groups excluding carboxylic acids is 2. The largest absolute Gasteiger partial charge is 0.503 e. The van der Waals surface area contributed by atoms with E-state index in [2.05, 4.69) is 4.98 Å². The fourth-order valence-electron chi connectivity index (χ4n) is 3.84. The number of rotatable bonds is 7. The van der Waals surface area contributed by atoms with Crippen LogP contribution < -0.4 is 10.0 Å². The number of amides is 1. The molecular formula is C24H21N3O5S. The van der Waals surface area contributed by atoms with Gasteiger partial charge in [-0.1, -0.05) is 36.4 Å². The molecule has 3 aromatic rings. The van der Waals surface area contributed by atoms with Crippen molar-refractivity contribution in [2.45, 2.75) is 23.8 Å². The molecule has 1 aliphatic rings. The van der Waals surface area contributed by atoms with Crippen molar-refractivity contribution in [3.05, 3.63) is 102 Å². The van der Waals surface area contributed by atoms with Crippen LogP contribution in [0.4, 0.5) is 5.69 Å². The predicted octanol–water partition coefficient (Wildman–Crippen LogP) is 2.83. The number of aliphatic hydroxyl groups is 1. The summed E-state index contributed by atoms with van der Waals surface area (Å²) in [5.74, 6) is -1.74. The maximum absolute atomic E-state index is 13.2. The standard InChI is InChI=1S/C24H21N3O5S/c25-33(31,32)19-11-9-18(10-12-19)27-22(17-7-4-14-26-15-17)21(23(29)24(27)30)20(28)13-8-16-5-2-1-3-6-16/h1-7,9-12,14-15,22,29H,8,13H2,(H2,25,31,32). The maximum atomic E-state index is 13.2. The highest BCUT2D eigenvalue weighted by Gasteiger charge is 2.44. The van der Waals surface area contributed by atoms with Crippen LogP contribution in [0.3, 0.4) is 0 Å². The minimum absolute atomic E-state index is 0.0144. The Labute approximate surface area is 191 Å². The topological polar surface area (TPSA) is 131 Å². The number of aryl methyl sites for hydroxylation is 1. The molecule has 2 heterocycles. The molecule has 1 aromatic heterocycles. The van der Waals surface area contributed by atoms with E-state index in [9.17, 15) is 23.1 Å². The second-order valence-electron chi connectivity index (χ2n) is 7.57. The smallest absolute Gasteiger partial charge is 0.294 e. The Kier molecular flexibility index (Phi) is 6.08. The Balaban J connectivity index is 1.71. The Hall–Kier alpha value is -3.82. The van der Waals surface area contributed by atoms with E-state index in [4.69, 9.17) is 5.14 Å². The highest BCUT2D eigenvalue weighted by atomic mass is 32.2. The van der Waals surface area contributed by atoms with Crippen molar-refractivity contribution in [2.75, 3.05) is 4.90 Å². The first-order valence-electron chi connectivity index (χ1n) is 10.1. The predicted molar refractivity (Wildman–Crippen MR) is 122 cm³/mol. The molecule has 1 atom stereocenters. The van der Waals surface area contributed by atoms with Gasteiger partial charge in [0.2, 0.25) is 10.0 Å². The van der Waals surface area contributed by atoms with E-state index < -0.39 is 27.7 Å². The molecule has 9 heteroatoms. The molecule has 0 spiro atoms. The molecule has 2 aromatic carbocycles. The quantitative estimate of drug-likeness (QED) is 0.554. The molecule has 0 radical (unpaired) electrons. The molecule has 0 saturated carbocycles. The summed E-state index contributed by atoms with van der Waals surface area (Å²) >= 11 is 0. The van der Waals surface area contributed by atoms with Crippen molar-refractivity contribution in [3.63, 3.8) is 0 Å². The Morgan fingerprint density at radius 2 is 1.73 bits per heavy atom. The summed E-state index contributed by atoms with van der Waals surface area (Å²) in [4.78, 5) is 31.5. The van der Waals surface area contributed by atoms with Crippen LogP contribution in [0.5, 0.6) is 0 Å². The van der Waals surface area contributed by atoms with Gasteiger partial charge in [0, 0.05) is 24.5 Å². The summed E-state index contributed by atoms with van der Waals surface area (Å²) in [5.41, 5.74) is 1.79. The van der Waals surface area contributed by atoms with Crippen molar-refractivity contribution in [3.8, 4) is 0 Å². The van der Waals surface area contributed by atoms with Gasteiger partial charge in [0.05, 0.1) is 16.5 Å². The van der Waals surface area contributed by atoms with Gasteiger partial charge in [0.25, 0.3) is 5.91 Å². The summed E-state index contributed by atoms with van der Waals surface area (Å²) in [7, 11) is -3.92. The van der Waals surface area contributed by atoms with Crippen LogP contribution in [0, 0.1) is 0 Å². The Bertz CT molecular complexity index is 1320. The third-order valence-electron chi connectivity index (χ3n) is 5.44. The number of hydrogen-bond donors (Lipinski definition) is 2. The van der Waals surface area contributed by atoms with Gasteiger partial charge in [-0.25, -0.2) is 13.6 Å². The number of sulfonamides is 1. The fourth-order valence-corrected chi connectivity index (χ4v) is 4.36. The van der Waals surface area contributed by atoms with Crippen LogP contribution in [0.2, 0.25) is 0 Å². The third-order valence-corrected chi connectivity index (χ3v) is 6.36. The summed E-state index contributed by atoms with van der Waals surface area (Å²) in [6.45, 7) is 0. The second kappa shape index (κ2) is 8.97. The van der Waals surface area contributed by atoms with Crippen LogP contribution in [-0.4, -0.2) is 30.2 Å². The summed E-state index contributed by atoms with van der Waals surface area (Å²) in [6.07, 6.45) is 3.64. The third kappa shape index (κ3) is 4.55. The highest BCUT2D eigenvalue weighted by Crippen LogP contribution is 2.41. The minimum Gasteiger partial charge on any atom is -0.503 e. The number of hydrogen-bond acceptors (Lipinski definition) is 6. The average Bonchev–Trinajstić information content (AvgIpc) is 3.09. The Morgan fingerprint density at radius 1 is 1.03 bits per heavy atom. The first-order valence-corrected chi connectivity index (χ1v) is 11.7. The molecule has 0 aliphatic carbocycles. The van der Waals surface area contributed by atoms with E-state index in [0.29, 0.717) is 17.7 Å². The van der Waals surface area contributed by atoms with Crippen LogP contribution in [0.15, 0.2) is 95.4 Å². The number of carbonyl (C=O) groups is 2. The second-order valence-corrected chi connectivity index (χ2v) is 9.14. The molecule has 8 nitrogen and oxygen atoms in total. The molecule has 1 unspecified atom stereocenters. The number of nitrogens with zero attached hydrogens (tertiary/aromatic N) is 2. The number of pyridine rings is 1. The molecule has 33 heavy (non-hydrogen) atoms. The fraction of sp³-hybridized carbons (Fsp3) is 0.125. The van der Waals surface area contributed by atoms with Gasteiger partial charge >= 0.3 is 0 Å². The first-order chi connectivity index (χ1) is 15.8. The lowest BCUT2D eigenvalue weighted by molar-refractivity contribution is -0.118. The van der Waals surface area contributed by atoms with Gasteiger partial charge in [-0.05, 0) is 47.9 Å². The zero-order valence-corrected chi connectivity index (χ0v) is 18.3. The molecular weight excluding hydrogens is 442 g/mol. The number of ketones is 1. The number of anilines is 1. The zero-order chi connectivity index (χ0) is 23.6. The van der Waals surface area contributed by atoms with Crippen molar-refractivity contribution < 1.29 is 23.1 Å². The minimum atomic E-state index is -3.92. The lowest BCUT2D eigenvalue weighted by Gasteiger charge is -2.26. The molecule has 4 rings (SSSR count). The van der Waals surface area contributed by atoms with Gasteiger partial charge in [0.1, 0.15) is 0 Å². The number of aliphatic hydroxyl groups excluding tert-OH is 1. The SMILES string of the molecule is NS(=O)(=O)c1ccc(N2C(=O)C(O)=C(C(=O)CCc3ccccc3)C2c2cccnc2)cc1. The van der Waals surface area contributed by atoms with E-state index in [1.165, 1.54) is 35.4 Å². The summed E-state index contributed by atoms with van der Waals surface area (Å²) in [6, 6.07) is 17.3. The van der Waals surface area contributed by atoms with Gasteiger partial charge in [0.15, 0.2) is 11.5 Å². The highest BCUT2D eigenvalue weighted by molar-refractivity contribution is 7.89. The molecule has 3 N–H and O–H groups in total. The van der Waals surface area contributed by atoms with E-state index in [-0.39, 0.29) is 22.7 Å². The van der Waals surface area contributed by atoms with Crippen LogP contribution in [0.1, 0.15) is 23.6 Å². The lowest BCUT2D eigenvalue weighted by Crippen LogP contribution is -2.31. The van der Waals surface area contributed by atoms with E-state index >= 15 is 0 Å². The van der Waals surface area contributed by atoms with E-state index in [1.54, 1.807) is 18.3 Å². The molecule has 0 bridgehead atoms. The van der Waals surface area contributed by atoms with Crippen LogP contribution in [-0.2, 0) is 26.0 Å². The first kappa shape index (κ1) is 22.4. The molecule has 168 valence electrons. The monoisotopic (exact) mass is 463 g/mol. The van der Waals surface area contributed by atoms with E-state index in [1.807, 2.05) is 30.3 Å². The number of benzene rings is 2. The number of primary sulfonamides is 1. The normalized spacial score (nSPS) is 16.3. The molecule has 0 fully saturated rings. The van der Waals surface area contributed by atoms with Crippen molar-refractivity contribution in [1.29, 1.82) is 0 Å². The van der Waals surface area contributed by atoms with Crippen LogP contribution in [0.25, 0.3) is 0 Å². The van der Waals surface area contributed by atoms with Crippen molar-refractivity contribution in [1.82, 2.24) is 4.98 Å². The molecule has 1 amide bonds. The van der Waals surface area contributed by atoms with E-state index in [0.717, 1.165) is 5.56 Å². The van der Waals surface area contributed by atoms with Crippen molar-refractivity contribution >= 4 is 27.4 Å². The van der Waals surface area contributed by atoms with Gasteiger partial charge in [-0.3, -0.25) is 19.5 Å². The number of aromatic nitrogens is 1. The van der Waals surface area contributed by atoms with Gasteiger partial charge in [-0.15, -0.1) is 0 Å². The molecule has 0 saturated heterocycles. The zero-order valence-electron chi connectivity index (χ0n) is 17.5. The van der Waals surface area contributed by atoms with Gasteiger partial charge < -0.3 is 5.11 Å². The average molecular weight is 464 g/mol. The van der Waals surface area contributed by atoms with Crippen LogP contribution >= 0.6 is 0 Å². The molecule has 1 aliphatic heterocycles. The lowest BCUT2D eigenvalue weighted by atomic mass is 9.94. The Morgan fingerprint density at radius 3 is 2.33 bits per heavy atom. The van der Waals surface area contributed by atoms with Crippen molar-refractivity contribution in [2.24, 2.45) is 5.14 Å². The van der Waals surface area contributed by atoms with Gasteiger partial charge in [-0.2, -0.15) is 0 Å². The maximum Gasteiger partial charge on any atom is 0.294 e. The summed E-state index contributed by atoms with van der Waals surface area (Å²) < 4.78 is 23.2. The summed E-state index contributed by atoms with van der Waals surface area (Å²) in [5, 5.41) is 15.9. The number of nitrogens with two attached hydrogens (primary N) is 1.